The molecule has 1 aromatic rings. The SMILES string of the molecule is O=C(O)C(Cc1ccncc1)C1CCS(=O)(=O)C1. The Morgan fingerprint density at radius 3 is 2.61 bits per heavy atom. The first kappa shape index (κ1) is 13.0. The van der Waals surface area contributed by atoms with Gasteiger partial charge in [0.15, 0.2) is 9.84 Å². The Bertz CT molecular complexity index is 526. The third-order valence-corrected chi connectivity index (χ3v) is 5.15. The number of carbonyl (C=O) groups is 1. The van der Waals surface area contributed by atoms with Crippen molar-refractivity contribution in [2.24, 2.45) is 11.8 Å². The van der Waals surface area contributed by atoms with E-state index in [2.05, 4.69) is 4.98 Å². The Morgan fingerprint density at radius 2 is 2.11 bits per heavy atom. The van der Waals surface area contributed by atoms with Crippen LogP contribution in [-0.2, 0) is 21.1 Å². The number of hydrogen-bond acceptors (Lipinski definition) is 4. The molecule has 0 aromatic carbocycles. The highest BCUT2D eigenvalue weighted by molar-refractivity contribution is 7.91. The van der Waals surface area contributed by atoms with Gasteiger partial charge in [-0.25, -0.2) is 8.42 Å². The molecule has 98 valence electrons. The standard InChI is InChI=1S/C12H15NO4S/c14-12(15)11(7-9-1-4-13-5-2-9)10-3-6-18(16,17)8-10/h1-2,4-5,10-11H,3,6-8H2,(H,14,15). The van der Waals surface area contributed by atoms with Crippen molar-refractivity contribution in [1.82, 2.24) is 4.98 Å². The van der Waals surface area contributed by atoms with Crippen LogP contribution >= 0.6 is 0 Å². The molecule has 18 heavy (non-hydrogen) atoms. The zero-order valence-corrected chi connectivity index (χ0v) is 10.6. The van der Waals surface area contributed by atoms with E-state index in [1.54, 1.807) is 24.5 Å². The van der Waals surface area contributed by atoms with Gasteiger partial charge >= 0.3 is 5.97 Å². The van der Waals surface area contributed by atoms with Crippen molar-refractivity contribution in [2.45, 2.75) is 12.8 Å². The van der Waals surface area contributed by atoms with Gasteiger partial charge in [0.05, 0.1) is 17.4 Å². The Labute approximate surface area is 106 Å². The quantitative estimate of drug-likeness (QED) is 0.872. The number of aliphatic carboxylic acids is 1. The molecule has 1 aromatic heterocycles. The van der Waals surface area contributed by atoms with Gasteiger partial charge in [-0.2, -0.15) is 0 Å². The maximum absolute atomic E-state index is 11.4. The molecule has 1 fully saturated rings. The van der Waals surface area contributed by atoms with Crippen molar-refractivity contribution in [1.29, 1.82) is 0 Å². The molecule has 2 heterocycles. The van der Waals surface area contributed by atoms with E-state index in [-0.39, 0.29) is 17.4 Å². The maximum Gasteiger partial charge on any atom is 0.307 e. The molecule has 0 bridgehead atoms. The highest BCUT2D eigenvalue weighted by Gasteiger charge is 2.37. The molecule has 2 rings (SSSR count). The van der Waals surface area contributed by atoms with Crippen LogP contribution in [0.25, 0.3) is 0 Å². The molecular weight excluding hydrogens is 254 g/mol. The highest BCUT2D eigenvalue weighted by atomic mass is 32.2. The van der Waals surface area contributed by atoms with Gasteiger partial charge in [0.25, 0.3) is 0 Å². The van der Waals surface area contributed by atoms with Crippen LogP contribution in [-0.4, -0.2) is 36.0 Å². The topological polar surface area (TPSA) is 84.3 Å². The van der Waals surface area contributed by atoms with Gasteiger partial charge in [-0.05, 0) is 36.5 Å². The number of nitrogens with zero attached hydrogens (tertiary/aromatic N) is 1. The van der Waals surface area contributed by atoms with Crippen LogP contribution < -0.4 is 0 Å². The van der Waals surface area contributed by atoms with Crippen molar-refractivity contribution >= 4 is 15.8 Å². The van der Waals surface area contributed by atoms with E-state index in [9.17, 15) is 18.3 Å². The Morgan fingerprint density at radius 1 is 1.44 bits per heavy atom. The molecule has 0 saturated carbocycles. The minimum atomic E-state index is -3.04. The third kappa shape index (κ3) is 3.07. The van der Waals surface area contributed by atoms with Crippen LogP contribution in [0.5, 0.6) is 0 Å². The Kier molecular flexibility index (Phi) is 3.65. The van der Waals surface area contributed by atoms with Crippen LogP contribution in [0, 0.1) is 11.8 Å². The first-order valence-corrected chi connectivity index (χ1v) is 7.62. The largest absolute Gasteiger partial charge is 0.481 e. The molecule has 0 spiro atoms. The highest BCUT2D eigenvalue weighted by Crippen LogP contribution is 2.28. The molecule has 0 radical (unpaired) electrons. The summed E-state index contributed by atoms with van der Waals surface area (Å²) in [4.78, 5) is 15.2. The summed E-state index contributed by atoms with van der Waals surface area (Å²) in [6.45, 7) is 0. The summed E-state index contributed by atoms with van der Waals surface area (Å²) >= 11 is 0. The van der Waals surface area contributed by atoms with E-state index >= 15 is 0 Å². The molecule has 1 N–H and O–H groups in total. The third-order valence-electron chi connectivity index (χ3n) is 3.36. The van der Waals surface area contributed by atoms with E-state index in [0.29, 0.717) is 12.8 Å². The zero-order chi connectivity index (χ0) is 13.2. The molecule has 1 aliphatic rings. The number of rotatable bonds is 4. The summed E-state index contributed by atoms with van der Waals surface area (Å²) in [6.07, 6.45) is 4.03. The molecule has 6 heteroatoms. The van der Waals surface area contributed by atoms with E-state index in [1.165, 1.54) is 0 Å². The summed E-state index contributed by atoms with van der Waals surface area (Å²) in [6, 6.07) is 3.53. The van der Waals surface area contributed by atoms with Crippen molar-refractivity contribution < 1.29 is 18.3 Å². The minimum Gasteiger partial charge on any atom is -0.481 e. The Hall–Kier alpha value is -1.43. The number of carboxylic acid groups (broad SMARTS) is 1. The second-order valence-corrected chi connectivity index (χ2v) is 6.90. The molecule has 0 aliphatic carbocycles. The lowest BCUT2D eigenvalue weighted by atomic mass is 9.87. The number of pyridine rings is 1. The average Bonchev–Trinajstić information content (AvgIpc) is 2.67. The fourth-order valence-corrected chi connectivity index (χ4v) is 4.25. The molecular formula is C12H15NO4S. The monoisotopic (exact) mass is 269 g/mol. The fourth-order valence-electron chi connectivity index (χ4n) is 2.37. The van der Waals surface area contributed by atoms with Crippen molar-refractivity contribution in [2.75, 3.05) is 11.5 Å². The van der Waals surface area contributed by atoms with Crippen LogP contribution in [0.1, 0.15) is 12.0 Å². The summed E-state index contributed by atoms with van der Waals surface area (Å²) in [5, 5.41) is 9.25. The van der Waals surface area contributed by atoms with Gasteiger partial charge in [-0.1, -0.05) is 0 Å². The summed E-state index contributed by atoms with van der Waals surface area (Å²) in [5.74, 6) is -1.73. The van der Waals surface area contributed by atoms with E-state index in [1.807, 2.05) is 0 Å². The van der Waals surface area contributed by atoms with Crippen molar-refractivity contribution in [3.8, 4) is 0 Å². The smallest absolute Gasteiger partial charge is 0.307 e. The van der Waals surface area contributed by atoms with Crippen LogP contribution in [0.3, 0.4) is 0 Å². The average molecular weight is 269 g/mol. The number of carboxylic acids is 1. The first-order chi connectivity index (χ1) is 8.48. The summed E-state index contributed by atoms with van der Waals surface area (Å²) in [7, 11) is -3.04. The van der Waals surface area contributed by atoms with Gasteiger partial charge in [0.1, 0.15) is 0 Å². The predicted molar refractivity (Wildman–Crippen MR) is 65.8 cm³/mol. The number of sulfone groups is 1. The van der Waals surface area contributed by atoms with Crippen molar-refractivity contribution in [3.05, 3.63) is 30.1 Å². The molecule has 0 amide bonds. The van der Waals surface area contributed by atoms with E-state index < -0.39 is 21.7 Å². The molecule has 1 saturated heterocycles. The maximum atomic E-state index is 11.4. The second kappa shape index (κ2) is 5.06. The first-order valence-electron chi connectivity index (χ1n) is 5.80. The normalized spacial score (nSPS) is 23.7. The minimum absolute atomic E-state index is 0.00491. The number of aromatic nitrogens is 1. The van der Waals surface area contributed by atoms with Crippen molar-refractivity contribution in [3.63, 3.8) is 0 Å². The lowest BCUT2D eigenvalue weighted by Gasteiger charge is -2.18. The zero-order valence-electron chi connectivity index (χ0n) is 9.82. The second-order valence-electron chi connectivity index (χ2n) is 4.67. The lowest BCUT2D eigenvalue weighted by molar-refractivity contribution is -0.143. The summed E-state index contributed by atoms with van der Waals surface area (Å²) in [5.41, 5.74) is 0.877. The summed E-state index contributed by atoms with van der Waals surface area (Å²) < 4.78 is 22.8. The van der Waals surface area contributed by atoms with Crippen LogP contribution in [0.2, 0.25) is 0 Å². The molecule has 2 atom stereocenters. The molecule has 1 aliphatic heterocycles. The van der Waals surface area contributed by atoms with Gasteiger partial charge < -0.3 is 5.11 Å². The van der Waals surface area contributed by atoms with E-state index in [4.69, 9.17) is 0 Å². The van der Waals surface area contributed by atoms with Gasteiger partial charge in [0.2, 0.25) is 0 Å². The number of hydrogen-bond donors (Lipinski definition) is 1. The Balaban J connectivity index is 2.13. The van der Waals surface area contributed by atoms with Gasteiger partial charge in [-0.15, -0.1) is 0 Å². The molecule has 5 nitrogen and oxygen atoms in total. The fraction of sp³-hybridized carbons (Fsp3) is 0.500. The van der Waals surface area contributed by atoms with Crippen LogP contribution in [0.15, 0.2) is 24.5 Å². The van der Waals surface area contributed by atoms with Gasteiger partial charge in [0, 0.05) is 12.4 Å². The van der Waals surface area contributed by atoms with Crippen LogP contribution in [0.4, 0.5) is 0 Å². The van der Waals surface area contributed by atoms with Gasteiger partial charge in [-0.3, -0.25) is 9.78 Å². The molecule has 2 unspecified atom stereocenters. The lowest BCUT2D eigenvalue weighted by Crippen LogP contribution is -2.26. The predicted octanol–water partition coefficient (Wildman–Crippen LogP) is 0.760. The van der Waals surface area contributed by atoms with E-state index in [0.717, 1.165) is 5.56 Å².